The summed E-state index contributed by atoms with van der Waals surface area (Å²) in [5.41, 5.74) is 6.56. The number of pyridine rings is 2. The minimum Gasteiger partial charge on any atom is -0.375 e. The summed E-state index contributed by atoms with van der Waals surface area (Å²) in [5.74, 6) is 0. The molecule has 0 radical (unpaired) electrons. The van der Waals surface area contributed by atoms with Crippen LogP contribution in [0.5, 0.6) is 0 Å². The number of rotatable bonds is 7. The molecule has 0 spiro atoms. The summed E-state index contributed by atoms with van der Waals surface area (Å²) in [6.07, 6.45) is 3.48. The van der Waals surface area contributed by atoms with Gasteiger partial charge in [0, 0.05) is 37.6 Å². The lowest BCUT2D eigenvalue weighted by Crippen LogP contribution is -2.22. The molecule has 2 heterocycles. The van der Waals surface area contributed by atoms with Crippen LogP contribution in [-0.4, -0.2) is 29.0 Å². The molecule has 202 valence electrons. The third kappa shape index (κ3) is 5.64. The molecule has 0 aliphatic heterocycles. The fourth-order valence-corrected chi connectivity index (χ4v) is 6.17. The van der Waals surface area contributed by atoms with Gasteiger partial charge >= 0.3 is 0 Å². The molecule has 4 aromatic rings. The number of nitrogens with zero attached hydrogens (tertiary/aromatic N) is 6. The first kappa shape index (κ1) is 28.2. The average molecular weight is 598 g/mol. The molecular formula is C32H23Cl3N6. The van der Waals surface area contributed by atoms with E-state index in [0.717, 1.165) is 33.8 Å². The highest BCUT2D eigenvalue weighted by atomic mass is 35.5. The molecule has 1 aliphatic rings. The molecule has 0 bridgehead atoms. The molecule has 0 amide bonds. The second kappa shape index (κ2) is 12.0. The number of anilines is 1. The fraction of sp³-hybridized carbons (Fsp3) is 0.125. The lowest BCUT2D eigenvalue weighted by Gasteiger charge is -2.27. The summed E-state index contributed by atoms with van der Waals surface area (Å²) in [6, 6.07) is 25.0. The molecule has 0 atom stereocenters. The van der Waals surface area contributed by atoms with Crippen molar-refractivity contribution < 1.29 is 0 Å². The fourth-order valence-electron chi connectivity index (χ4n) is 4.93. The highest BCUT2D eigenvalue weighted by molar-refractivity contribution is 6.42. The molecule has 2 aromatic heterocycles. The number of halogens is 3. The van der Waals surface area contributed by atoms with Crippen LogP contribution in [0.2, 0.25) is 10.0 Å². The molecule has 0 saturated heterocycles. The summed E-state index contributed by atoms with van der Waals surface area (Å²) < 4.78 is 0. The molecule has 6 nitrogen and oxygen atoms in total. The molecule has 5 rings (SSSR count). The monoisotopic (exact) mass is 596 g/mol. The van der Waals surface area contributed by atoms with Gasteiger partial charge in [-0.3, -0.25) is 9.97 Å². The van der Waals surface area contributed by atoms with Crippen LogP contribution in [0.15, 0.2) is 89.7 Å². The SMILES string of the molecule is CN(C)c1c(Cl)cc(-c2ccc3c(c2)C(N(Cc2ccccn2)Cc2ccccn2)=C(Cl)C3=C(C#N)C#N)cc1Cl. The van der Waals surface area contributed by atoms with Crippen LogP contribution in [-0.2, 0) is 13.1 Å². The number of benzene rings is 2. The largest absolute Gasteiger partial charge is 0.375 e. The number of allylic oxidation sites excluding steroid dienone is 3. The van der Waals surface area contributed by atoms with Crippen molar-refractivity contribution in [2.75, 3.05) is 19.0 Å². The molecule has 2 aromatic carbocycles. The van der Waals surface area contributed by atoms with Crippen LogP contribution in [0.1, 0.15) is 22.5 Å². The van der Waals surface area contributed by atoms with Gasteiger partial charge in [-0.1, -0.05) is 59.1 Å². The van der Waals surface area contributed by atoms with Crippen LogP contribution in [0.25, 0.3) is 22.4 Å². The number of hydrogen-bond acceptors (Lipinski definition) is 6. The third-order valence-electron chi connectivity index (χ3n) is 6.72. The second-order valence-corrected chi connectivity index (χ2v) is 10.8. The van der Waals surface area contributed by atoms with Gasteiger partial charge in [0.05, 0.1) is 50.9 Å². The molecule has 0 N–H and O–H groups in total. The van der Waals surface area contributed by atoms with Gasteiger partial charge in [0.15, 0.2) is 0 Å². The summed E-state index contributed by atoms with van der Waals surface area (Å²) >= 11 is 20.3. The zero-order valence-corrected chi connectivity index (χ0v) is 24.5. The van der Waals surface area contributed by atoms with Crippen molar-refractivity contribution in [3.8, 4) is 23.3 Å². The van der Waals surface area contributed by atoms with Crippen molar-refractivity contribution >= 4 is 51.8 Å². The van der Waals surface area contributed by atoms with Crippen LogP contribution in [0.3, 0.4) is 0 Å². The van der Waals surface area contributed by atoms with E-state index in [-0.39, 0.29) is 5.57 Å². The van der Waals surface area contributed by atoms with E-state index >= 15 is 0 Å². The predicted molar refractivity (Wildman–Crippen MR) is 165 cm³/mol. The van der Waals surface area contributed by atoms with E-state index in [9.17, 15) is 10.5 Å². The highest BCUT2D eigenvalue weighted by Crippen LogP contribution is 2.48. The van der Waals surface area contributed by atoms with Gasteiger partial charge < -0.3 is 9.80 Å². The van der Waals surface area contributed by atoms with Gasteiger partial charge in [-0.05, 0) is 59.2 Å². The quantitative estimate of drug-likeness (QED) is 0.201. The summed E-state index contributed by atoms with van der Waals surface area (Å²) in [7, 11) is 3.77. The number of aromatic nitrogens is 2. The van der Waals surface area contributed by atoms with Crippen LogP contribution >= 0.6 is 34.8 Å². The first-order valence-corrected chi connectivity index (χ1v) is 13.8. The Morgan fingerprint density at radius 2 is 1.34 bits per heavy atom. The van der Waals surface area contributed by atoms with Crippen LogP contribution < -0.4 is 4.90 Å². The molecule has 0 saturated carbocycles. The van der Waals surface area contributed by atoms with Crippen LogP contribution in [0.4, 0.5) is 5.69 Å². The van der Waals surface area contributed by atoms with Crippen LogP contribution in [0, 0.1) is 22.7 Å². The van der Waals surface area contributed by atoms with E-state index < -0.39 is 0 Å². The Balaban J connectivity index is 1.71. The van der Waals surface area contributed by atoms with Gasteiger partial charge in [-0.25, -0.2) is 0 Å². The molecule has 1 aliphatic carbocycles. The number of fused-ring (bicyclic) bond motifs is 1. The van der Waals surface area contributed by atoms with Gasteiger partial charge in [-0.2, -0.15) is 10.5 Å². The topological polar surface area (TPSA) is 79.8 Å². The van der Waals surface area contributed by atoms with Crippen molar-refractivity contribution in [2.45, 2.75) is 13.1 Å². The lowest BCUT2D eigenvalue weighted by atomic mass is 9.96. The maximum absolute atomic E-state index is 9.81. The zero-order valence-electron chi connectivity index (χ0n) is 22.2. The van der Waals surface area contributed by atoms with E-state index in [2.05, 4.69) is 14.9 Å². The van der Waals surface area contributed by atoms with Crippen molar-refractivity contribution in [1.29, 1.82) is 10.5 Å². The van der Waals surface area contributed by atoms with Gasteiger partial charge in [0.1, 0.15) is 17.7 Å². The summed E-state index contributed by atoms with van der Waals surface area (Å²) in [4.78, 5) is 13.0. The second-order valence-electron chi connectivity index (χ2n) is 9.58. The highest BCUT2D eigenvalue weighted by Gasteiger charge is 2.32. The zero-order chi connectivity index (χ0) is 29.1. The predicted octanol–water partition coefficient (Wildman–Crippen LogP) is 7.94. The Labute approximate surface area is 254 Å². The van der Waals surface area contributed by atoms with Gasteiger partial charge in [-0.15, -0.1) is 0 Å². The molecule has 0 unspecified atom stereocenters. The average Bonchev–Trinajstić information content (AvgIpc) is 3.25. The minimum atomic E-state index is -0.0592. The first-order chi connectivity index (χ1) is 19.8. The Morgan fingerprint density at radius 3 is 1.83 bits per heavy atom. The van der Waals surface area contributed by atoms with E-state index in [0.29, 0.717) is 45.0 Å². The van der Waals surface area contributed by atoms with Gasteiger partial charge in [0.2, 0.25) is 0 Å². The Kier molecular flexibility index (Phi) is 8.28. The minimum absolute atomic E-state index is 0.0592. The van der Waals surface area contributed by atoms with Crippen molar-refractivity contribution in [2.24, 2.45) is 0 Å². The number of hydrogen-bond donors (Lipinski definition) is 0. The summed E-state index contributed by atoms with van der Waals surface area (Å²) in [5, 5.41) is 21.0. The molecule has 41 heavy (non-hydrogen) atoms. The first-order valence-electron chi connectivity index (χ1n) is 12.6. The molecular weight excluding hydrogens is 575 g/mol. The van der Waals surface area contributed by atoms with Crippen molar-refractivity contribution in [3.63, 3.8) is 0 Å². The number of nitriles is 2. The van der Waals surface area contributed by atoms with E-state index in [4.69, 9.17) is 34.8 Å². The standard InChI is InChI=1S/C32H23Cl3N6/c1-40(2)32-27(33)14-21(15-28(32)34)20-9-10-25-26(13-20)31(30(35)29(25)22(16-36)17-37)41(18-23-7-3-5-11-38-23)19-24-8-4-6-12-39-24/h3-15H,18-19H2,1-2H3. The van der Waals surface area contributed by atoms with Crippen molar-refractivity contribution in [1.82, 2.24) is 14.9 Å². The smallest absolute Gasteiger partial charge is 0.139 e. The van der Waals surface area contributed by atoms with E-state index in [1.165, 1.54) is 0 Å². The Bertz CT molecular complexity index is 1690. The maximum Gasteiger partial charge on any atom is 0.139 e. The molecule has 9 heteroatoms. The van der Waals surface area contributed by atoms with E-state index in [1.807, 2.05) is 97.9 Å². The van der Waals surface area contributed by atoms with Gasteiger partial charge in [0.25, 0.3) is 0 Å². The van der Waals surface area contributed by atoms with E-state index in [1.54, 1.807) is 12.4 Å². The Morgan fingerprint density at radius 1 is 0.756 bits per heavy atom. The normalized spacial score (nSPS) is 12.0. The van der Waals surface area contributed by atoms with Crippen molar-refractivity contribution in [3.05, 3.63) is 122 Å². The third-order valence-corrected chi connectivity index (χ3v) is 7.66. The lowest BCUT2D eigenvalue weighted by molar-refractivity contribution is 0.374. The maximum atomic E-state index is 9.81. The molecule has 0 fully saturated rings. The Hall–Kier alpha value is -4.33. The summed E-state index contributed by atoms with van der Waals surface area (Å²) in [6.45, 7) is 0.840.